The molecule has 3 aromatic rings. The minimum atomic E-state index is -0.268. The standard InChI is InChI=1S/C10H7N5O2/c16-9-7-1-2-11-5-8(7)14-10(15-9)17-6-3-12-13-4-6/h1-5H,(H,12,13)(H,14,15,16). The number of nitrogens with one attached hydrogen (secondary N) is 2. The largest absolute Gasteiger partial charge is 0.422 e. The molecule has 0 saturated carbocycles. The number of aromatic amines is 2. The molecule has 0 aromatic carbocycles. The maximum atomic E-state index is 11.7. The van der Waals surface area contributed by atoms with Gasteiger partial charge in [-0.15, -0.1) is 0 Å². The predicted octanol–water partition coefficient (Wildman–Crippen LogP) is 0.833. The van der Waals surface area contributed by atoms with Gasteiger partial charge in [0.1, 0.15) is 0 Å². The Balaban J connectivity index is 2.10. The third-order valence-corrected chi connectivity index (χ3v) is 2.17. The highest BCUT2D eigenvalue weighted by Gasteiger charge is 2.05. The Hall–Kier alpha value is -2.70. The molecule has 0 atom stereocenters. The molecule has 0 amide bonds. The molecule has 3 aromatic heterocycles. The molecule has 0 aliphatic carbocycles. The van der Waals surface area contributed by atoms with Crippen LogP contribution in [-0.2, 0) is 0 Å². The lowest BCUT2D eigenvalue weighted by molar-refractivity contribution is 0.443. The van der Waals surface area contributed by atoms with Crippen molar-refractivity contribution in [1.29, 1.82) is 0 Å². The minimum Gasteiger partial charge on any atom is -0.422 e. The van der Waals surface area contributed by atoms with Crippen molar-refractivity contribution < 1.29 is 4.74 Å². The van der Waals surface area contributed by atoms with Crippen molar-refractivity contribution >= 4 is 10.9 Å². The fourth-order valence-corrected chi connectivity index (χ4v) is 1.42. The van der Waals surface area contributed by atoms with Crippen LogP contribution in [0.15, 0.2) is 35.6 Å². The van der Waals surface area contributed by atoms with Gasteiger partial charge in [-0.1, -0.05) is 0 Å². The molecule has 0 aliphatic heterocycles. The van der Waals surface area contributed by atoms with E-state index in [1.807, 2.05) is 0 Å². The van der Waals surface area contributed by atoms with Crippen molar-refractivity contribution in [1.82, 2.24) is 25.1 Å². The SMILES string of the molecule is O=c1[nH]c(Oc2cn[nH]c2)nc2cnccc12. The van der Waals surface area contributed by atoms with Gasteiger partial charge in [-0.2, -0.15) is 10.1 Å². The van der Waals surface area contributed by atoms with E-state index < -0.39 is 0 Å². The fourth-order valence-electron chi connectivity index (χ4n) is 1.42. The van der Waals surface area contributed by atoms with Crippen LogP contribution >= 0.6 is 0 Å². The van der Waals surface area contributed by atoms with E-state index in [0.717, 1.165) is 0 Å². The van der Waals surface area contributed by atoms with E-state index in [9.17, 15) is 4.79 Å². The Kier molecular flexibility index (Phi) is 2.08. The van der Waals surface area contributed by atoms with Crippen LogP contribution in [-0.4, -0.2) is 25.1 Å². The molecular weight excluding hydrogens is 222 g/mol. The molecule has 0 aliphatic rings. The van der Waals surface area contributed by atoms with Gasteiger partial charge < -0.3 is 4.74 Å². The molecule has 17 heavy (non-hydrogen) atoms. The normalized spacial score (nSPS) is 10.6. The minimum absolute atomic E-state index is 0.108. The summed E-state index contributed by atoms with van der Waals surface area (Å²) in [6.45, 7) is 0. The summed E-state index contributed by atoms with van der Waals surface area (Å²) in [6.07, 6.45) is 6.07. The number of fused-ring (bicyclic) bond motifs is 1. The highest BCUT2D eigenvalue weighted by molar-refractivity contribution is 5.76. The monoisotopic (exact) mass is 229 g/mol. The molecule has 0 radical (unpaired) electrons. The topological polar surface area (TPSA) is 96.6 Å². The van der Waals surface area contributed by atoms with Crippen LogP contribution in [0.1, 0.15) is 0 Å². The number of rotatable bonds is 2. The molecular formula is C10H7N5O2. The smallest absolute Gasteiger partial charge is 0.302 e. The average molecular weight is 229 g/mol. The summed E-state index contributed by atoms with van der Waals surface area (Å²) in [5, 5.41) is 6.79. The van der Waals surface area contributed by atoms with Crippen molar-refractivity contribution in [3.63, 3.8) is 0 Å². The van der Waals surface area contributed by atoms with Crippen LogP contribution in [0.5, 0.6) is 11.8 Å². The first kappa shape index (κ1) is 9.52. The number of hydrogen-bond acceptors (Lipinski definition) is 5. The summed E-state index contributed by atoms with van der Waals surface area (Å²) in [6, 6.07) is 1.71. The third-order valence-electron chi connectivity index (χ3n) is 2.17. The number of H-pyrrole nitrogens is 2. The van der Waals surface area contributed by atoms with Crippen LogP contribution in [0.2, 0.25) is 0 Å². The summed E-state index contributed by atoms with van der Waals surface area (Å²) in [7, 11) is 0. The molecule has 0 unspecified atom stereocenters. The Morgan fingerprint density at radius 2 is 2.24 bits per heavy atom. The zero-order chi connectivity index (χ0) is 11.7. The molecule has 0 fully saturated rings. The first-order valence-electron chi connectivity index (χ1n) is 4.83. The number of aromatic nitrogens is 5. The van der Waals surface area contributed by atoms with E-state index in [0.29, 0.717) is 16.7 Å². The maximum Gasteiger partial charge on any atom is 0.302 e. The first-order valence-corrected chi connectivity index (χ1v) is 4.83. The van der Waals surface area contributed by atoms with Gasteiger partial charge in [-0.05, 0) is 6.07 Å². The first-order chi connectivity index (χ1) is 8.33. The molecule has 7 heteroatoms. The molecule has 0 spiro atoms. The van der Waals surface area contributed by atoms with Crippen molar-refractivity contribution in [3.8, 4) is 11.8 Å². The highest BCUT2D eigenvalue weighted by Crippen LogP contribution is 2.15. The van der Waals surface area contributed by atoms with Crippen molar-refractivity contribution in [2.45, 2.75) is 0 Å². The zero-order valence-electron chi connectivity index (χ0n) is 8.54. The van der Waals surface area contributed by atoms with Crippen LogP contribution in [0.25, 0.3) is 10.9 Å². The van der Waals surface area contributed by atoms with Gasteiger partial charge in [0, 0.05) is 6.20 Å². The van der Waals surface area contributed by atoms with E-state index >= 15 is 0 Å². The molecule has 0 bridgehead atoms. The lowest BCUT2D eigenvalue weighted by Crippen LogP contribution is -2.09. The van der Waals surface area contributed by atoms with Crippen LogP contribution in [0, 0.1) is 0 Å². The molecule has 7 nitrogen and oxygen atoms in total. The lowest BCUT2D eigenvalue weighted by atomic mass is 10.3. The van der Waals surface area contributed by atoms with Crippen LogP contribution < -0.4 is 10.3 Å². The second-order valence-electron chi connectivity index (χ2n) is 3.30. The summed E-state index contributed by atoms with van der Waals surface area (Å²) >= 11 is 0. The van der Waals surface area contributed by atoms with E-state index in [1.165, 1.54) is 18.6 Å². The Labute approximate surface area is 94.5 Å². The Morgan fingerprint density at radius 3 is 3.06 bits per heavy atom. The number of nitrogens with zero attached hydrogens (tertiary/aromatic N) is 3. The molecule has 3 heterocycles. The van der Waals surface area contributed by atoms with E-state index in [4.69, 9.17) is 4.74 Å². The van der Waals surface area contributed by atoms with E-state index in [2.05, 4.69) is 25.1 Å². The van der Waals surface area contributed by atoms with Gasteiger partial charge >= 0.3 is 6.01 Å². The third kappa shape index (κ3) is 1.73. The Bertz CT molecular complexity index is 704. The fraction of sp³-hybridized carbons (Fsp3) is 0. The van der Waals surface area contributed by atoms with Gasteiger partial charge in [0.2, 0.25) is 0 Å². The van der Waals surface area contributed by atoms with Gasteiger partial charge in [0.25, 0.3) is 5.56 Å². The van der Waals surface area contributed by atoms with Gasteiger partial charge in [-0.25, -0.2) is 0 Å². The summed E-state index contributed by atoms with van der Waals surface area (Å²) in [5.74, 6) is 0.469. The van der Waals surface area contributed by atoms with Crippen molar-refractivity contribution in [2.24, 2.45) is 0 Å². The highest BCUT2D eigenvalue weighted by atomic mass is 16.5. The molecule has 2 N–H and O–H groups in total. The van der Waals surface area contributed by atoms with E-state index in [-0.39, 0.29) is 11.6 Å². The number of ether oxygens (including phenoxy) is 1. The Morgan fingerprint density at radius 1 is 1.29 bits per heavy atom. The second kappa shape index (κ2) is 3.71. The van der Waals surface area contributed by atoms with E-state index in [1.54, 1.807) is 12.3 Å². The molecule has 84 valence electrons. The molecule has 0 saturated heterocycles. The predicted molar refractivity (Wildman–Crippen MR) is 58.8 cm³/mol. The number of pyridine rings is 1. The van der Waals surface area contributed by atoms with Crippen molar-refractivity contribution in [2.75, 3.05) is 0 Å². The quantitative estimate of drug-likeness (QED) is 0.678. The van der Waals surface area contributed by atoms with Crippen molar-refractivity contribution in [3.05, 3.63) is 41.2 Å². The maximum absolute atomic E-state index is 11.7. The van der Waals surface area contributed by atoms with Crippen LogP contribution in [0.3, 0.4) is 0 Å². The summed E-state index contributed by atoms with van der Waals surface area (Å²) in [4.78, 5) is 22.3. The van der Waals surface area contributed by atoms with Crippen LogP contribution in [0.4, 0.5) is 0 Å². The second-order valence-corrected chi connectivity index (χ2v) is 3.30. The van der Waals surface area contributed by atoms with Gasteiger partial charge in [0.15, 0.2) is 5.75 Å². The zero-order valence-corrected chi connectivity index (χ0v) is 8.54. The van der Waals surface area contributed by atoms with Gasteiger partial charge in [-0.3, -0.25) is 19.9 Å². The average Bonchev–Trinajstić information content (AvgIpc) is 2.82. The lowest BCUT2D eigenvalue weighted by Gasteiger charge is -2.01. The van der Waals surface area contributed by atoms with Gasteiger partial charge in [0.05, 0.1) is 29.5 Å². The summed E-state index contributed by atoms with van der Waals surface area (Å²) < 4.78 is 5.32. The molecule has 3 rings (SSSR count). The number of hydrogen-bond donors (Lipinski definition) is 2. The summed E-state index contributed by atoms with van der Waals surface area (Å²) in [5.41, 5.74) is 0.214.